The van der Waals surface area contributed by atoms with Crippen LogP contribution in [0.3, 0.4) is 0 Å². The van der Waals surface area contributed by atoms with Crippen LogP contribution >= 0.6 is 0 Å². The van der Waals surface area contributed by atoms with Gasteiger partial charge in [-0.25, -0.2) is 0 Å². The first-order valence-corrected chi connectivity index (χ1v) is 3.41. The fourth-order valence-electron chi connectivity index (χ4n) is 0. The van der Waals surface area contributed by atoms with Crippen LogP contribution in [0.4, 0.5) is 0 Å². The molecule has 0 saturated heterocycles. The SMILES string of the molecule is N[S-](=O)=O.N[S-](=O)=O.[Cu+2]. The Balaban J connectivity index is -0.0000000720. The molecule has 0 unspecified atom stereocenters. The fraction of sp³-hybridized carbons (Fsp3) is 0. The first kappa shape index (κ1) is 16.2. The summed E-state index contributed by atoms with van der Waals surface area (Å²) in [5.41, 5.74) is 0. The largest absolute Gasteiger partial charge is 2.00 e. The summed E-state index contributed by atoms with van der Waals surface area (Å²) in [4.78, 5) is 0. The van der Waals surface area contributed by atoms with Crippen LogP contribution < -0.4 is 10.3 Å². The Hall–Kier alpha value is 0.339. The summed E-state index contributed by atoms with van der Waals surface area (Å²) >= 11 is 0. The Bertz CT molecular complexity index is 133. The van der Waals surface area contributed by atoms with Crippen LogP contribution in [0.25, 0.3) is 0 Å². The molecule has 0 atom stereocenters. The second-order valence-corrected chi connectivity index (χ2v) is 1.56. The van der Waals surface area contributed by atoms with Crippen LogP contribution in [0, 0.1) is 0 Å². The van der Waals surface area contributed by atoms with E-state index in [2.05, 4.69) is 10.3 Å². The van der Waals surface area contributed by atoms with Gasteiger partial charge in [-0.2, -0.15) is 0 Å². The van der Waals surface area contributed by atoms with Crippen molar-refractivity contribution >= 4 is 21.8 Å². The van der Waals surface area contributed by atoms with E-state index in [0.717, 1.165) is 0 Å². The second kappa shape index (κ2) is 11.2. The predicted molar refractivity (Wildman–Crippen MR) is 25.9 cm³/mol. The van der Waals surface area contributed by atoms with Gasteiger partial charge in [0.05, 0.1) is 0 Å². The number of hydrogen-bond acceptors (Lipinski definition) is 6. The van der Waals surface area contributed by atoms with Crippen LogP contribution in [-0.4, -0.2) is 0 Å². The van der Waals surface area contributed by atoms with Crippen LogP contribution in [0.15, 0.2) is 0 Å². The van der Waals surface area contributed by atoms with Crippen LogP contribution in [-0.2, 0) is 55.7 Å². The average Bonchev–Trinajstić information content (AvgIpc) is 1.25. The first-order valence-electron chi connectivity index (χ1n) is 1.14. The van der Waals surface area contributed by atoms with Crippen molar-refractivity contribution in [1.29, 1.82) is 0 Å². The zero-order valence-corrected chi connectivity index (χ0v) is 6.48. The molecule has 61 valence electrons. The van der Waals surface area contributed by atoms with Gasteiger partial charge in [-0.3, -0.25) is 0 Å². The third-order valence-corrected chi connectivity index (χ3v) is 0. The quantitative estimate of drug-likeness (QED) is 0.377. The summed E-state index contributed by atoms with van der Waals surface area (Å²) in [6.45, 7) is 0. The molecule has 1 radical (unpaired) electrons. The minimum Gasteiger partial charge on any atom is -0.409 e. The molecule has 0 bridgehead atoms. The van der Waals surface area contributed by atoms with Gasteiger partial charge >= 0.3 is 17.1 Å². The van der Waals surface area contributed by atoms with Gasteiger partial charge in [0, 0.05) is 0 Å². The van der Waals surface area contributed by atoms with Gasteiger partial charge in [0.1, 0.15) is 0 Å². The van der Waals surface area contributed by atoms with Gasteiger partial charge in [0.15, 0.2) is 0 Å². The van der Waals surface area contributed by atoms with Gasteiger partial charge < -0.3 is 27.1 Å². The van der Waals surface area contributed by atoms with Crippen molar-refractivity contribution in [2.24, 2.45) is 10.3 Å². The van der Waals surface area contributed by atoms with E-state index in [1.54, 1.807) is 0 Å². The van der Waals surface area contributed by atoms with Crippen molar-refractivity contribution in [3.63, 3.8) is 0 Å². The molecule has 9 heteroatoms. The number of nitrogens with two attached hydrogens (primary N) is 2. The van der Waals surface area contributed by atoms with Crippen molar-refractivity contribution in [2.45, 2.75) is 0 Å². The van der Waals surface area contributed by atoms with E-state index in [1.807, 2.05) is 0 Å². The smallest absolute Gasteiger partial charge is 0.409 e. The zero-order chi connectivity index (χ0) is 7.15. The minimum absolute atomic E-state index is 0. The van der Waals surface area contributed by atoms with E-state index >= 15 is 0 Å². The van der Waals surface area contributed by atoms with E-state index in [4.69, 9.17) is 16.8 Å². The summed E-state index contributed by atoms with van der Waals surface area (Å²) in [6.07, 6.45) is 0. The molecule has 0 amide bonds. The Morgan fingerprint density at radius 3 is 0.778 bits per heavy atom. The van der Waals surface area contributed by atoms with Crippen molar-refractivity contribution in [3.05, 3.63) is 0 Å². The predicted octanol–water partition coefficient (Wildman–Crippen LogP) is -1.66. The fourth-order valence-corrected chi connectivity index (χ4v) is 0. The molecule has 0 fully saturated rings. The molecule has 6 nitrogen and oxygen atoms in total. The molecule has 0 aliphatic heterocycles. The Morgan fingerprint density at radius 2 is 0.778 bits per heavy atom. The molecule has 0 spiro atoms. The van der Waals surface area contributed by atoms with Crippen LogP contribution in [0.2, 0.25) is 0 Å². The molecule has 4 N–H and O–H groups in total. The summed E-state index contributed by atoms with van der Waals surface area (Å²) in [6, 6.07) is 0. The Kier molecular flexibility index (Phi) is 20.1. The number of hydrogen-bond donors (Lipinski definition) is 2. The maximum absolute atomic E-state index is 8.78. The van der Waals surface area contributed by atoms with Crippen LogP contribution in [0.5, 0.6) is 0 Å². The molecule has 0 aromatic carbocycles. The van der Waals surface area contributed by atoms with Gasteiger partial charge in [-0.15, -0.1) is 0 Å². The van der Waals surface area contributed by atoms with Crippen molar-refractivity contribution in [1.82, 2.24) is 0 Å². The maximum atomic E-state index is 8.78. The summed E-state index contributed by atoms with van der Waals surface area (Å²) < 4.78 is 35.1. The average molecular weight is 224 g/mol. The minimum atomic E-state index is -2.36. The zero-order valence-electron chi connectivity index (χ0n) is 3.91. The molecule has 0 aromatic rings. The van der Waals surface area contributed by atoms with Crippen LogP contribution in [0.1, 0.15) is 0 Å². The van der Waals surface area contributed by atoms with Gasteiger partial charge in [0.25, 0.3) is 0 Å². The molecule has 0 aromatic heterocycles. The van der Waals surface area contributed by atoms with E-state index in [0.29, 0.717) is 0 Å². The third-order valence-electron chi connectivity index (χ3n) is 0. The molecule has 0 rings (SSSR count). The van der Waals surface area contributed by atoms with Gasteiger partial charge in [-0.1, -0.05) is 0 Å². The summed E-state index contributed by atoms with van der Waals surface area (Å²) in [7, 11) is -4.72. The van der Waals surface area contributed by atoms with Crippen molar-refractivity contribution < 1.29 is 33.9 Å². The van der Waals surface area contributed by atoms with Crippen molar-refractivity contribution in [3.8, 4) is 0 Å². The molecule has 0 heterocycles. The van der Waals surface area contributed by atoms with Gasteiger partial charge in [-0.05, 0) is 21.8 Å². The molecular formula is H4CuN2O4S2. The second-order valence-electron chi connectivity index (χ2n) is 0.521. The van der Waals surface area contributed by atoms with E-state index in [-0.39, 0.29) is 17.1 Å². The maximum Gasteiger partial charge on any atom is 2.00 e. The normalized spacial score (nSPS) is 7.56. The van der Waals surface area contributed by atoms with E-state index in [1.165, 1.54) is 0 Å². The monoisotopic (exact) mass is 223 g/mol. The summed E-state index contributed by atoms with van der Waals surface area (Å²) in [5, 5.41) is 8.06. The third kappa shape index (κ3) is 2910. The molecule has 0 aliphatic rings. The first-order chi connectivity index (χ1) is 3.46. The van der Waals surface area contributed by atoms with E-state index in [9.17, 15) is 0 Å². The summed E-state index contributed by atoms with van der Waals surface area (Å²) in [5.74, 6) is 0. The molecule has 0 aliphatic carbocycles. The standard InChI is InChI=1S/Cu.2H2NO2S/c;2*1-4(2)3/h;2*(H2,1,2,3)/q+2;2*-1. The van der Waals surface area contributed by atoms with Gasteiger partial charge in [0.2, 0.25) is 0 Å². The Morgan fingerprint density at radius 1 is 0.778 bits per heavy atom. The molecular weight excluding hydrogens is 220 g/mol. The number of rotatable bonds is 0. The molecule has 9 heavy (non-hydrogen) atoms. The molecule has 0 saturated carbocycles. The van der Waals surface area contributed by atoms with Crippen molar-refractivity contribution in [2.75, 3.05) is 0 Å². The topological polar surface area (TPSA) is 120 Å². The Labute approximate surface area is 66.2 Å². The van der Waals surface area contributed by atoms with E-state index < -0.39 is 21.8 Å².